The lowest BCUT2D eigenvalue weighted by Crippen LogP contribution is -2.43. The second-order valence-corrected chi connectivity index (χ2v) is 7.29. The number of thiophene rings is 1. The molecule has 1 aliphatic rings. The predicted octanol–water partition coefficient (Wildman–Crippen LogP) is 3.78. The van der Waals surface area contributed by atoms with Gasteiger partial charge >= 0.3 is 0 Å². The van der Waals surface area contributed by atoms with Gasteiger partial charge in [-0.3, -0.25) is 4.90 Å². The van der Waals surface area contributed by atoms with Gasteiger partial charge in [0.05, 0.1) is 0 Å². The van der Waals surface area contributed by atoms with Crippen molar-refractivity contribution in [2.24, 2.45) is 0 Å². The van der Waals surface area contributed by atoms with E-state index in [9.17, 15) is 0 Å². The van der Waals surface area contributed by atoms with Crippen LogP contribution in [0.3, 0.4) is 0 Å². The summed E-state index contributed by atoms with van der Waals surface area (Å²) in [5, 5.41) is 3.64. The lowest BCUT2D eigenvalue weighted by Gasteiger charge is -2.29. The van der Waals surface area contributed by atoms with Crippen molar-refractivity contribution in [3.05, 3.63) is 20.3 Å². The summed E-state index contributed by atoms with van der Waals surface area (Å²) in [6, 6.07) is 2.97. The number of nitrogens with zero attached hydrogens (tertiary/aromatic N) is 1. The van der Waals surface area contributed by atoms with Crippen molar-refractivity contribution in [3.63, 3.8) is 0 Å². The molecule has 1 N–H and O–H groups in total. The first kappa shape index (κ1) is 14.5. The number of halogens is 1. The Morgan fingerprint density at radius 1 is 1.50 bits per heavy atom. The standard InChI is InChI=1S/C14H23BrN2S/c1-3-17(9-12-6-4-5-7-16-12)10-13-8-14(15)11(2)18-13/h8,12,16H,3-7,9-10H2,1-2H3. The van der Waals surface area contributed by atoms with Crippen LogP contribution in [-0.2, 0) is 6.54 Å². The normalized spacial score (nSPS) is 20.6. The van der Waals surface area contributed by atoms with Gasteiger partial charge in [-0.05, 0) is 54.9 Å². The van der Waals surface area contributed by atoms with Crippen molar-refractivity contribution in [3.8, 4) is 0 Å². The summed E-state index contributed by atoms with van der Waals surface area (Å²) in [6.45, 7) is 9.05. The zero-order valence-electron chi connectivity index (χ0n) is 11.3. The van der Waals surface area contributed by atoms with Crippen molar-refractivity contribution in [2.45, 2.75) is 45.7 Å². The number of piperidine rings is 1. The number of rotatable bonds is 5. The number of likely N-dealkylation sites (N-methyl/N-ethyl adjacent to an activating group) is 1. The largest absolute Gasteiger partial charge is 0.313 e. The molecule has 1 saturated heterocycles. The van der Waals surface area contributed by atoms with Crippen molar-refractivity contribution in [1.29, 1.82) is 0 Å². The molecule has 1 aromatic rings. The SMILES string of the molecule is CCN(Cc1cc(Br)c(C)s1)CC1CCCCN1. The van der Waals surface area contributed by atoms with Crippen LogP contribution in [-0.4, -0.2) is 30.6 Å². The van der Waals surface area contributed by atoms with Gasteiger partial charge in [0.2, 0.25) is 0 Å². The maximum absolute atomic E-state index is 3.64. The molecule has 1 fully saturated rings. The monoisotopic (exact) mass is 330 g/mol. The van der Waals surface area contributed by atoms with Crippen LogP contribution < -0.4 is 5.32 Å². The first-order valence-electron chi connectivity index (χ1n) is 6.89. The van der Waals surface area contributed by atoms with Crippen molar-refractivity contribution < 1.29 is 0 Å². The minimum absolute atomic E-state index is 0.697. The molecule has 2 nitrogen and oxygen atoms in total. The molecular weight excluding hydrogens is 308 g/mol. The fraction of sp³-hybridized carbons (Fsp3) is 0.714. The Hall–Kier alpha value is 0.1000. The van der Waals surface area contributed by atoms with Gasteiger partial charge in [-0.25, -0.2) is 0 Å². The maximum Gasteiger partial charge on any atom is 0.0328 e. The van der Waals surface area contributed by atoms with Gasteiger partial charge in [0.1, 0.15) is 0 Å². The number of hydrogen-bond donors (Lipinski definition) is 1. The number of aryl methyl sites for hydroxylation is 1. The molecular formula is C14H23BrN2S. The van der Waals surface area contributed by atoms with Crippen LogP contribution >= 0.6 is 27.3 Å². The van der Waals surface area contributed by atoms with Gasteiger partial charge in [0.25, 0.3) is 0 Å². The average molecular weight is 331 g/mol. The minimum atomic E-state index is 0.697. The van der Waals surface area contributed by atoms with Crippen LogP contribution in [0.2, 0.25) is 0 Å². The summed E-state index contributed by atoms with van der Waals surface area (Å²) in [4.78, 5) is 5.41. The van der Waals surface area contributed by atoms with Gasteiger partial charge in [-0.2, -0.15) is 0 Å². The Bertz CT molecular complexity index is 352. The van der Waals surface area contributed by atoms with E-state index in [1.807, 2.05) is 11.3 Å². The number of nitrogens with one attached hydrogen (secondary N) is 1. The Morgan fingerprint density at radius 2 is 2.33 bits per heavy atom. The van der Waals surface area contributed by atoms with E-state index < -0.39 is 0 Å². The first-order valence-corrected chi connectivity index (χ1v) is 8.50. The lowest BCUT2D eigenvalue weighted by atomic mass is 10.0. The topological polar surface area (TPSA) is 15.3 Å². The van der Waals surface area contributed by atoms with Crippen molar-refractivity contribution >= 4 is 27.3 Å². The predicted molar refractivity (Wildman–Crippen MR) is 83.3 cm³/mol. The summed E-state index contributed by atoms with van der Waals surface area (Å²) in [5.41, 5.74) is 0. The van der Waals surface area contributed by atoms with E-state index in [-0.39, 0.29) is 0 Å². The molecule has 1 aromatic heterocycles. The third-order valence-electron chi connectivity index (χ3n) is 3.63. The highest BCUT2D eigenvalue weighted by molar-refractivity contribution is 9.10. The second kappa shape index (κ2) is 7.04. The van der Waals surface area contributed by atoms with Crippen LogP contribution in [0, 0.1) is 6.92 Å². The molecule has 2 heterocycles. The third-order valence-corrected chi connectivity index (χ3v) is 5.75. The average Bonchev–Trinajstić information content (AvgIpc) is 2.69. The van der Waals surface area contributed by atoms with Gasteiger partial charge in [0, 0.05) is 33.4 Å². The van der Waals surface area contributed by atoms with Crippen LogP contribution in [0.4, 0.5) is 0 Å². The van der Waals surface area contributed by atoms with E-state index in [0.29, 0.717) is 6.04 Å². The smallest absolute Gasteiger partial charge is 0.0328 e. The summed E-state index contributed by atoms with van der Waals surface area (Å²) < 4.78 is 1.26. The van der Waals surface area contributed by atoms with E-state index in [0.717, 1.165) is 13.1 Å². The Labute approximate surface area is 123 Å². The third kappa shape index (κ3) is 4.05. The molecule has 102 valence electrons. The van der Waals surface area contributed by atoms with E-state index in [4.69, 9.17) is 0 Å². The van der Waals surface area contributed by atoms with Crippen LogP contribution in [0.5, 0.6) is 0 Å². The molecule has 0 bridgehead atoms. The van der Waals surface area contributed by atoms with Crippen LogP contribution in [0.1, 0.15) is 35.9 Å². The Balaban J connectivity index is 1.88. The zero-order valence-corrected chi connectivity index (χ0v) is 13.7. The molecule has 1 atom stereocenters. The maximum atomic E-state index is 3.64. The quantitative estimate of drug-likeness (QED) is 0.883. The summed E-state index contributed by atoms with van der Waals surface area (Å²) >= 11 is 5.52. The zero-order chi connectivity index (χ0) is 13.0. The van der Waals surface area contributed by atoms with Gasteiger partial charge in [-0.1, -0.05) is 13.3 Å². The van der Waals surface area contributed by atoms with Crippen molar-refractivity contribution in [1.82, 2.24) is 10.2 Å². The molecule has 0 aromatic carbocycles. The Kier molecular flexibility index (Phi) is 5.67. The first-order chi connectivity index (χ1) is 8.69. The second-order valence-electron chi connectivity index (χ2n) is 5.09. The molecule has 18 heavy (non-hydrogen) atoms. The highest BCUT2D eigenvalue weighted by atomic mass is 79.9. The molecule has 0 spiro atoms. The molecule has 0 saturated carbocycles. The van der Waals surface area contributed by atoms with Crippen molar-refractivity contribution in [2.75, 3.05) is 19.6 Å². The van der Waals surface area contributed by atoms with E-state index in [2.05, 4.69) is 46.1 Å². The van der Waals surface area contributed by atoms with E-state index in [1.54, 1.807) is 0 Å². The van der Waals surface area contributed by atoms with E-state index >= 15 is 0 Å². The molecule has 1 unspecified atom stereocenters. The van der Waals surface area contributed by atoms with Gasteiger partial charge in [0.15, 0.2) is 0 Å². The molecule has 0 aliphatic carbocycles. The van der Waals surface area contributed by atoms with E-state index in [1.165, 1.54) is 46.6 Å². The molecule has 4 heteroatoms. The fourth-order valence-electron chi connectivity index (χ4n) is 2.51. The molecule has 0 radical (unpaired) electrons. The minimum Gasteiger partial charge on any atom is -0.313 e. The molecule has 1 aliphatic heterocycles. The van der Waals surface area contributed by atoms with Crippen LogP contribution in [0.15, 0.2) is 10.5 Å². The molecule has 0 amide bonds. The summed E-state index contributed by atoms with van der Waals surface area (Å²) in [5.74, 6) is 0. The summed E-state index contributed by atoms with van der Waals surface area (Å²) in [7, 11) is 0. The Morgan fingerprint density at radius 3 is 2.89 bits per heavy atom. The van der Waals surface area contributed by atoms with Gasteiger partial charge in [-0.15, -0.1) is 11.3 Å². The fourth-order valence-corrected chi connectivity index (χ4v) is 4.16. The number of hydrogen-bond acceptors (Lipinski definition) is 3. The lowest BCUT2D eigenvalue weighted by molar-refractivity contribution is 0.228. The molecule has 2 rings (SSSR count). The highest BCUT2D eigenvalue weighted by Gasteiger charge is 2.16. The summed E-state index contributed by atoms with van der Waals surface area (Å²) in [6.07, 6.45) is 4.07. The highest BCUT2D eigenvalue weighted by Crippen LogP contribution is 2.27. The van der Waals surface area contributed by atoms with Gasteiger partial charge < -0.3 is 5.32 Å². The van der Waals surface area contributed by atoms with Crippen LogP contribution in [0.25, 0.3) is 0 Å².